The molecular formula is C11H9F6NO5. The van der Waals surface area contributed by atoms with Crippen molar-refractivity contribution in [1.29, 1.82) is 0 Å². The molecule has 1 aromatic heterocycles. The zero-order chi connectivity index (χ0) is 17.9. The zero-order valence-corrected chi connectivity index (χ0v) is 11.2. The molecule has 12 heteroatoms. The summed E-state index contributed by atoms with van der Waals surface area (Å²) in [6.07, 6.45) is -1.03. The Kier molecular flexibility index (Phi) is 5.17. The van der Waals surface area contributed by atoms with E-state index in [4.69, 9.17) is 0 Å². The van der Waals surface area contributed by atoms with Crippen LogP contribution in [0, 0.1) is 0 Å². The molecule has 1 amide bonds. The van der Waals surface area contributed by atoms with Crippen LogP contribution < -0.4 is 5.32 Å². The minimum atomic E-state index is -6.28. The molecule has 0 saturated heterocycles. The summed E-state index contributed by atoms with van der Waals surface area (Å²) in [7, 11) is 0.541. The molecule has 0 aliphatic rings. The van der Waals surface area contributed by atoms with Crippen LogP contribution in [0.5, 0.6) is 0 Å². The van der Waals surface area contributed by atoms with E-state index in [1.54, 1.807) is 0 Å². The number of hydrogen-bond acceptors (Lipinski definition) is 5. The molecule has 0 unspecified atom stereocenters. The fourth-order valence-corrected chi connectivity index (χ4v) is 1.21. The third kappa shape index (κ3) is 3.68. The number of furan rings is 1. The van der Waals surface area contributed by atoms with E-state index in [9.17, 15) is 35.9 Å². The summed E-state index contributed by atoms with van der Waals surface area (Å²) in [5.74, 6) is -15.3. The van der Waals surface area contributed by atoms with E-state index in [2.05, 4.69) is 13.9 Å². The average molecular weight is 349 g/mol. The van der Waals surface area contributed by atoms with E-state index < -0.39 is 36.6 Å². The lowest BCUT2D eigenvalue weighted by Gasteiger charge is -2.30. The molecule has 6 nitrogen and oxygen atoms in total. The number of nitrogens with one attached hydrogen (secondary N) is 1. The Balaban J connectivity index is 2.89. The second-order valence-electron chi connectivity index (χ2n) is 4.00. The molecule has 1 heterocycles. The molecule has 1 N–H and O–H groups in total. The van der Waals surface area contributed by atoms with Crippen molar-refractivity contribution in [2.24, 2.45) is 0 Å². The normalized spacial score (nSPS) is 12.7. The Labute approximate surface area is 124 Å². The van der Waals surface area contributed by atoms with E-state index in [-0.39, 0.29) is 11.1 Å². The summed E-state index contributed by atoms with van der Waals surface area (Å²) in [5.41, 5.74) is 0. The highest BCUT2D eigenvalue weighted by Gasteiger charge is 2.76. The van der Waals surface area contributed by atoms with Gasteiger partial charge in [0, 0.05) is 0 Å². The van der Waals surface area contributed by atoms with Crippen molar-refractivity contribution in [2.75, 3.05) is 7.11 Å². The number of hydrogen-bond donors (Lipinski definition) is 1. The lowest BCUT2D eigenvalue weighted by atomic mass is 10.1. The number of carbonyl (C=O) groups is 2. The lowest BCUT2D eigenvalue weighted by molar-refractivity contribution is -0.311. The molecule has 1 rings (SSSR count). The second kappa shape index (κ2) is 6.38. The molecule has 130 valence electrons. The molecule has 0 aromatic carbocycles. The summed E-state index contributed by atoms with van der Waals surface area (Å²) in [5, 5.41) is 0.226. The molecule has 1 aromatic rings. The maximum Gasteiger partial charge on any atom is 0.412 e. The first-order valence-corrected chi connectivity index (χ1v) is 5.65. The molecular weight excluding hydrogens is 340 g/mol. The molecule has 0 aliphatic heterocycles. The number of esters is 1. The SMILES string of the molecule is COC(=O)NC(F)(F)C(F)(F)C(F)(F)C(=O)OCc1ccco1. The molecule has 23 heavy (non-hydrogen) atoms. The number of amides is 1. The van der Waals surface area contributed by atoms with Gasteiger partial charge in [-0.2, -0.15) is 26.3 Å². The number of halogens is 6. The highest BCUT2D eigenvalue weighted by molar-refractivity contribution is 5.79. The molecule has 0 spiro atoms. The fourth-order valence-electron chi connectivity index (χ4n) is 1.21. The number of alkyl halides is 6. The predicted molar refractivity (Wildman–Crippen MR) is 58.9 cm³/mol. The minimum absolute atomic E-state index is 0.183. The second-order valence-corrected chi connectivity index (χ2v) is 4.00. The van der Waals surface area contributed by atoms with E-state index in [0.717, 1.165) is 12.3 Å². The van der Waals surface area contributed by atoms with Crippen LogP contribution in [0.15, 0.2) is 22.8 Å². The average Bonchev–Trinajstić information content (AvgIpc) is 2.96. The Morgan fingerprint density at radius 1 is 1.22 bits per heavy atom. The smallest absolute Gasteiger partial charge is 0.412 e. The number of methoxy groups -OCH3 is 1. The number of carbonyl (C=O) groups excluding carboxylic acids is 2. The summed E-state index contributed by atoms with van der Waals surface area (Å²) in [6, 6.07) is -3.34. The summed E-state index contributed by atoms with van der Waals surface area (Å²) in [6.45, 7) is -0.979. The van der Waals surface area contributed by atoms with Crippen LogP contribution >= 0.6 is 0 Å². The fraction of sp³-hybridized carbons (Fsp3) is 0.455. The first-order chi connectivity index (χ1) is 10.5. The van der Waals surface area contributed by atoms with Gasteiger partial charge < -0.3 is 13.9 Å². The number of alkyl carbamates (subject to hydrolysis) is 1. The van der Waals surface area contributed by atoms with Gasteiger partial charge in [-0.15, -0.1) is 0 Å². The summed E-state index contributed by atoms with van der Waals surface area (Å²) < 4.78 is 91.6. The molecule has 0 fully saturated rings. The van der Waals surface area contributed by atoms with Crippen molar-refractivity contribution in [3.05, 3.63) is 24.2 Å². The maximum absolute atomic E-state index is 13.3. The molecule has 0 radical (unpaired) electrons. The van der Waals surface area contributed by atoms with Crippen LogP contribution in [-0.2, 0) is 20.9 Å². The van der Waals surface area contributed by atoms with Crippen molar-refractivity contribution in [3.8, 4) is 0 Å². The van der Waals surface area contributed by atoms with Crippen LogP contribution in [0.3, 0.4) is 0 Å². The van der Waals surface area contributed by atoms with Crippen molar-refractivity contribution in [1.82, 2.24) is 5.32 Å². The van der Waals surface area contributed by atoms with Gasteiger partial charge in [0.05, 0.1) is 13.4 Å². The third-order valence-electron chi connectivity index (χ3n) is 2.42. The minimum Gasteiger partial charge on any atom is -0.466 e. The lowest BCUT2D eigenvalue weighted by Crippen LogP contribution is -2.64. The maximum atomic E-state index is 13.3. The van der Waals surface area contributed by atoms with Gasteiger partial charge in [0.25, 0.3) is 0 Å². The van der Waals surface area contributed by atoms with E-state index in [1.165, 1.54) is 6.07 Å². The third-order valence-corrected chi connectivity index (χ3v) is 2.42. The van der Waals surface area contributed by atoms with Gasteiger partial charge in [0.2, 0.25) is 0 Å². The standard InChI is InChI=1S/C11H9F6NO5/c1-21-8(20)18-11(16,17)10(14,15)9(12,13)7(19)23-5-6-3-2-4-22-6/h2-4H,5H2,1H3,(H,18,20). The van der Waals surface area contributed by atoms with Gasteiger partial charge in [-0.1, -0.05) is 0 Å². The Morgan fingerprint density at radius 2 is 1.83 bits per heavy atom. The number of rotatable bonds is 6. The zero-order valence-electron chi connectivity index (χ0n) is 11.2. The van der Waals surface area contributed by atoms with Gasteiger partial charge >= 0.3 is 30.0 Å². The monoisotopic (exact) mass is 349 g/mol. The molecule has 0 bridgehead atoms. The van der Waals surface area contributed by atoms with Gasteiger partial charge in [-0.25, -0.2) is 9.59 Å². The van der Waals surface area contributed by atoms with E-state index in [0.29, 0.717) is 7.11 Å². The first-order valence-electron chi connectivity index (χ1n) is 5.65. The Bertz CT molecular complexity index is 559. The van der Waals surface area contributed by atoms with Crippen LogP contribution in [-0.4, -0.2) is 37.1 Å². The van der Waals surface area contributed by atoms with Crippen LogP contribution in [0.2, 0.25) is 0 Å². The molecule has 0 atom stereocenters. The Hall–Kier alpha value is -2.40. The van der Waals surface area contributed by atoms with Crippen molar-refractivity contribution in [2.45, 2.75) is 24.5 Å². The van der Waals surface area contributed by atoms with E-state index >= 15 is 0 Å². The Morgan fingerprint density at radius 3 is 2.30 bits per heavy atom. The van der Waals surface area contributed by atoms with Gasteiger partial charge in [0.1, 0.15) is 12.4 Å². The highest BCUT2D eigenvalue weighted by atomic mass is 19.3. The molecule has 0 saturated carbocycles. The quantitative estimate of drug-likeness (QED) is 0.485. The van der Waals surface area contributed by atoms with Crippen molar-refractivity contribution < 1.29 is 49.8 Å². The largest absolute Gasteiger partial charge is 0.466 e. The number of ether oxygens (including phenoxy) is 2. The van der Waals surface area contributed by atoms with Crippen molar-refractivity contribution >= 4 is 12.1 Å². The summed E-state index contributed by atoms with van der Waals surface area (Å²) in [4.78, 5) is 21.6. The first kappa shape index (κ1) is 18.6. The van der Waals surface area contributed by atoms with Crippen LogP contribution in [0.4, 0.5) is 31.1 Å². The summed E-state index contributed by atoms with van der Waals surface area (Å²) >= 11 is 0. The predicted octanol–water partition coefficient (Wildman–Crippen LogP) is 2.54. The highest BCUT2D eigenvalue weighted by Crippen LogP contribution is 2.45. The van der Waals surface area contributed by atoms with Crippen molar-refractivity contribution in [3.63, 3.8) is 0 Å². The van der Waals surface area contributed by atoms with Gasteiger partial charge in [0.15, 0.2) is 0 Å². The van der Waals surface area contributed by atoms with Crippen LogP contribution in [0.25, 0.3) is 0 Å². The van der Waals surface area contributed by atoms with Gasteiger partial charge in [-0.3, -0.25) is 5.32 Å². The van der Waals surface area contributed by atoms with Gasteiger partial charge in [-0.05, 0) is 12.1 Å². The molecule has 0 aliphatic carbocycles. The van der Waals surface area contributed by atoms with Crippen LogP contribution in [0.1, 0.15) is 5.76 Å². The topological polar surface area (TPSA) is 77.8 Å². The van der Waals surface area contributed by atoms with E-state index in [1.807, 2.05) is 0 Å².